The molecule has 1 atom stereocenters. The lowest BCUT2D eigenvalue weighted by Gasteiger charge is -2.32. The Balaban J connectivity index is 2.18. The van der Waals surface area contributed by atoms with Gasteiger partial charge in [0.05, 0.1) is 6.61 Å². The Morgan fingerprint density at radius 1 is 1.35 bits per heavy atom. The normalized spacial score (nSPS) is 22.6. The first kappa shape index (κ1) is 14.9. The maximum Gasteiger partial charge on any atom is 0.0610 e. The molecule has 0 aliphatic carbocycles. The number of likely N-dealkylation sites (N-methyl/N-ethyl adjacent to an activating group) is 1. The second kappa shape index (κ2) is 7.34. The van der Waals surface area contributed by atoms with Crippen molar-refractivity contribution in [3.63, 3.8) is 0 Å². The number of nitrogens with one attached hydrogen (secondary N) is 1. The number of aliphatic hydroxyl groups excluding tert-OH is 1. The quantitative estimate of drug-likeness (QED) is 0.715. The van der Waals surface area contributed by atoms with Gasteiger partial charge in [-0.3, -0.25) is 0 Å². The van der Waals surface area contributed by atoms with Gasteiger partial charge in [0, 0.05) is 5.54 Å². The molecule has 1 rings (SSSR count). The van der Waals surface area contributed by atoms with E-state index >= 15 is 0 Å². The molecule has 1 aliphatic rings. The Morgan fingerprint density at radius 3 is 2.53 bits per heavy atom. The molecule has 0 aromatic heterocycles. The molecule has 0 amide bonds. The summed E-state index contributed by atoms with van der Waals surface area (Å²) in [5.74, 6) is 0.913. The first-order chi connectivity index (χ1) is 8.09. The number of hydrogen-bond acceptors (Lipinski definition) is 3. The highest BCUT2D eigenvalue weighted by Gasteiger charge is 2.22. The van der Waals surface area contributed by atoms with Crippen molar-refractivity contribution in [2.24, 2.45) is 5.92 Å². The van der Waals surface area contributed by atoms with Crippen LogP contribution in [0.3, 0.4) is 0 Å². The molecule has 0 saturated carbocycles. The van der Waals surface area contributed by atoms with E-state index in [1.807, 2.05) is 0 Å². The molecule has 3 heteroatoms. The van der Waals surface area contributed by atoms with E-state index in [0.717, 1.165) is 18.9 Å². The van der Waals surface area contributed by atoms with Gasteiger partial charge >= 0.3 is 0 Å². The molecule has 102 valence electrons. The van der Waals surface area contributed by atoms with Crippen LogP contribution in [0.2, 0.25) is 0 Å². The van der Waals surface area contributed by atoms with Crippen LogP contribution in [0.15, 0.2) is 0 Å². The van der Waals surface area contributed by atoms with E-state index in [9.17, 15) is 5.11 Å². The molecule has 1 saturated heterocycles. The van der Waals surface area contributed by atoms with Gasteiger partial charge in [-0.15, -0.1) is 0 Å². The zero-order valence-electron chi connectivity index (χ0n) is 11.8. The van der Waals surface area contributed by atoms with E-state index in [-0.39, 0.29) is 12.1 Å². The number of aliphatic hydroxyl groups is 1. The maximum absolute atomic E-state index is 9.41. The van der Waals surface area contributed by atoms with Crippen molar-refractivity contribution >= 4 is 0 Å². The summed E-state index contributed by atoms with van der Waals surface area (Å²) in [5.41, 5.74) is -0.0855. The van der Waals surface area contributed by atoms with Gasteiger partial charge in [-0.25, -0.2) is 0 Å². The fourth-order valence-electron chi connectivity index (χ4n) is 2.63. The van der Waals surface area contributed by atoms with E-state index in [0.29, 0.717) is 0 Å². The zero-order chi connectivity index (χ0) is 12.7. The van der Waals surface area contributed by atoms with Crippen LogP contribution in [-0.4, -0.2) is 48.3 Å². The summed E-state index contributed by atoms with van der Waals surface area (Å²) in [4.78, 5) is 2.57. The summed E-state index contributed by atoms with van der Waals surface area (Å²) in [5, 5.41) is 12.8. The van der Waals surface area contributed by atoms with Gasteiger partial charge in [0.25, 0.3) is 0 Å². The van der Waals surface area contributed by atoms with Crippen LogP contribution >= 0.6 is 0 Å². The van der Waals surface area contributed by atoms with Gasteiger partial charge in [0.2, 0.25) is 0 Å². The summed E-state index contributed by atoms with van der Waals surface area (Å²) < 4.78 is 0. The first-order valence-electron chi connectivity index (χ1n) is 7.18. The van der Waals surface area contributed by atoms with Crippen molar-refractivity contribution < 1.29 is 5.11 Å². The van der Waals surface area contributed by atoms with Crippen molar-refractivity contribution in [2.75, 3.05) is 32.8 Å². The second-order valence-electron chi connectivity index (χ2n) is 5.88. The third-order valence-electron chi connectivity index (χ3n) is 4.03. The summed E-state index contributed by atoms with van der Waals surface area (Å²) in [6, 6.07) is 0. The lowest BCUT2D eigenvalue weighted by molar-refractivity contribution is 0.148. The molecule has 17 heavy (non-hydrogen) atoms. The third-order valence-corrected chi connectivity index (χ3v) is 4.03. The molecule has 0 aromatic rings. The summed E-state index contributed by atoms with van der Waals surface area (Å²) >= 11 is 0. The van der Waals surface area contributed by atoms with Crippen molar-refractivity contribution in [3.8, 4) is 0 Å². The van der Waals surface area contributed by atoms with Crippen LogP contribution in [0.5, 0.6) is 0 Å². The maximum atomic E-state index is 9.41. The minimum Gasteiger partial charge on any atom is -0.394 e. The Kier molecular flexibility index (Phi) is 6.45. The van der Waals surface area contributed by atoms with Gasteiger partial charge < -0.3 is 15.3 Å². The minimum absolute atomic E-state index is 0.0855. The molecule has 0 spiro atoms. The fourth-order valence-corrected chi connectivity index (χ4v) is 2.63. The highest BCUT2D eigenvalue weighted by atomic mass is 16.3. The van der Waals surface area contributed by atoms with E-state index in [4.69, 9.17) is 0 Å². The van der Waals surface area contributed by atoms with Gasteiger partial charge in [0.15, 0.2) is 0 Å². The average molecular weight is 242 g/mol. The fraction of sp³-hybridized carbons (Fsp3) is 1.00. The summed E-state index contributed by atoms with van der Waals surface area (Å²) in [6.45, 7) is 11.4. The third kappa shape index (κ3) is 5.36. The topological polar surface area (TPSA) is 35.5 Å². The average Bonchev–Trinajstić information content (AvgIpc) is 2.32. The Morgan fingerprint density at radius 2 is 2.00 bits per heavy atom. The predicted octanol–water partition coefficient (Wildman–Crippen LogP) is 1.86. The highest BCUT2D eigenvalue weighted by molar-refractivity contribution is 4.82. The number of piperidine rings is 1. The molecule has 1 heterocycles. The molecule has 1 fully saturated rings. The monoisotopic (exact) mass is 242 g/mol. The molecule has 0 aromatic carbocycles. The van der Waals surface area contributed by atoms with Gasteiger partial charge in [0.1, 0.15) is 0 Å². The molecular formula is C14H30N2O. The van der Waals surface area contributed by atoms with E-state index < -0.39 is 0 Å². The minimum atomic E-state index is -0.0855. The number of likely N-dealkylation sites (tertiary alicyclic amines) is 1. The van der Waals surface area contributed by atoms with E-state index in [1.165, 1.54) is 38.9 Å². The molecule has 2 N–H and O–H groups in total. The van der Waals surface area contributed by atoms with Crippen LogP contribution in [0.25, 0.3) is 0 Å². The zero-order valence-corrected chi connectivity index (χ0v) is 11.8. The van der Waals surface area contributed by atoms with E-state index in [1.54, 1.807) is 0 Å². The lowest BCUT2D eigenvalue weighted by Crippen LogP contribution is -2.46. The van der Waals surface area contributed by atoms with Crippen molar-refractivity contribution in [2.45, 2.75) is 52.0 Å². The second-order valence-corrected chi connectivity index (χ2v) is 5.88. The Hall–Kier alpha value is -0.120. The Labute approximate surface area is 107 Å². The van der Waals surface area contributed by atoms with Crippen molar-refractivity contribution in [1.29, 1.82) is 0 Å². The van der Waals surface area contributed by atoms with Crippen LogP contribution in [0.1, 0.15) is 46.5 Å². The van der Waals surface area contributed by atoms with Crippen LogP contribution in [0.4, 0.5) is 0 Å². The molecule has 0 radical (unpaired) electrons. The highest BCUT2D eigenvalue weighted by Crippen LogP contribution is 2.18. The van der Waals surface area contributed by atoms with E-state index in [2.05, 4.69) is 31.0 Å². The van der Waals surface area contributed by atoms with Crippen LogP contribution < -0.4 is 5.32 Å². The smallest absolute Gasteiger partial charge is 0.0610 e. The molecular weight excluding hydrogens is 212 g/mol. The largest absolute Gasteiger partial charge is 0.394 e. The van der Waals surface area contributed by atoms with Gasteiger partial charge in [-0.2, -0.15) is 0 Å². The van der Waals surface area contributed by atoms with Crippen molar-refractivity contribution in [1.82, 2.24) is 10.2 Å². The Bertz CT molecular complexity index is 202. The molecule has 0 bridgehead atoms. The predicted molar refractivity (Wildman–Crippen MR) is 73.2 cm³/mol. The lowest BCUT2D eigenvalue weighted by atomic mass is 9.95. The van der Waals surface area contributed by atoms with Crippen LogP contribution in [-0.2, 0) is 0 Å². The molecule has 1 unspecified atom stereocenters. The molecule has 3 nitrogen and oxygen atoms in total. The number of hydrogen-bond donors (Lipinski definition) is 2. The number of nitrogens with zero attached hydrogens (tertiary/aromatic N) is 1. The van der Waals surface area contributed by atoms with Gasteiger partial charge in [-0.05, 0) is 64.7 Å². The number of rotatable bonds is 7. The first-order valence-corrected chi connectivity index (χ1v) is 7.18. The molecule has 1 aliphatic heterocycles. The standard InChI is InChI=1S/C14H30N2O/c1-4-15-14(3,12-17)8-5-9-16-10-6-13(2)7-11-16/h13,15,17H,4-12H2,1-3H3. The van der Waals surface area contributed by atoms with Crippen molar-refractivity contribution in [3.05, 3.63) is 0 Å². The van der Waals surface area contributed by atoms with Gasteiger partial charge in [-0.1, -0.05) is 13.8 Å². The van der Waals surface area contributed by atoms with Crippen LogP contribution in [0, 0.1) is 5.92 Å². The summed E-state index contributed by atoms with van der Waals surface area (Å²) in [6.07, 6.45) is 4.94. The summed E-state index contributed by atoms with van der Waals surface area (Å²) in [7, 11) is 0. The SMILES string of the molecule is CCNC(C)(CO)CCCN1CCC(C)CC1.